The lowest BCUT2D eigenvalue weighted by molar-refractivity contribution is 0.617. The lowest BCUT2D eigenvalue weighted by Gasteiger charge is -2.25. The van der Waals surface area contributed by atoms with Gasteiger partial charge in [-0.15, -0.1) is 0 Å². The normalized spacial score (nSPS) is 18.6. The molecule has 1 N–H and O–H groups in total. The van der Waals surface area contributed by atoms with Crippen LogP contribution in [0, 0.1) is 5.82 Å². The number of halogens is 1. The van der Waals surface area contributed by atoms with Crippen LogP contribution in [0.15, 0.2) is 18.2 Å². The Morgan fingerprint density at radius 3 is 2.63 bits per heavy atom. The molecular formula is C16H23FN2. The van der Waals surface area contributed by atoms with Crippen LogP contribution in [0.1, 0.15) is 44.6 Å². The highest BCUT2D eigenvalue weighted by molar-refractivity contribution is 5.51. The average molecular weight is 262 g/mol. The molecule has 2 nitrogen and oxygen atoms in total. The fraction of sp³-hybridized carbons (Fsp3) is 0.625. The van der Waals surface area contributed by atoms with Gasteiger partial charge in [-0.25, -0.2) is 4.39 Å². The molecule has 104 valence electrons. The lowest BCUT2D eigenvalue weighted by Crippen LogP contribution is -2.26. The summed E-state index contributed by atoms with van der Waals surface area (Å²) in [6.07, 6.45) is 6.17. The van der Waals surface area contributed by atoms with Gasteiger partial charge >= 0.3 is 0 Å². The standard InChI is InChI=1S/C16H23FN2/c1-2-7-19(15-5-6-15)16-9-12(8-13(17)10-16)11-18-14-3-4-14/h8-10,14-15,18H,2-7,11H2,1H3. The average Bonchev–Trinajstić information content (AvgIpc) is 3.27. The molecule has 0 amide bonds. The van der Waals surface area contributed by atoms with Crippen molar-refractivity contribution in [2.75, 3.05) is 11.4 Å². The second-order valence-corrected chi connectivity index (χ2v) is 5.90. The van der Waals surface area contributed by atoms with E-state index in [4.69, 9.17) is 0 Å². The minimum atomic E-state index is -0.105. The SMILES string of the molecule is CCCN(c1cc(F)cc(CNC2CC2)c1)C1CC1. The van der Waals surface area contributed by atoms with Crippen LogP contribution in [-0.2, 0) is 6.54 Å². The molecular weight excluding hydrogens is 239 g/mol. The quantitative estimate of drug-likeness (QED) is 0.809. The second kappa shape index (κ2) is 5.49. The highest BCUT2D eigenvalue weighted by Gasteiger charge is 2.29. The van der Waals surface area contributed by atoms with E-state index in [1.165, 1.54) is 25.7 Å². The van der Waals surface area contributed by atoms with Gasteiger partial charge in [-0.1, -0.05) is 6.92 Å². The van der Waals surface area contributed by atoms with E-state index in [0.29, 0.717) is 12.1 Å². The van der Waals surface area contributed by atoms with Gasteiger partial charge in [0, 0.05) is 30.9 Å². The second-order valence-electron chi connectivity index (χ2n) is 5.90. The molecule has 1 aromatic rings. The van der Waals surface area contributed by atoms with Crippen molar-refractivity contribution < 1.29 is 4.39 Å². The van der Waals surface area contributed by atoms with E-state index in [9.17, 15) is 4.39 Å². The van der Waals surface area contributed by atoms with Gasteiger partial charge in [0.15, 0.2) is 0 Å². The molecule has 0 heterocycles. The van der Waals surface area contributed by atoms with E-state index in [0.717, 1.165) is 30.8 Å². The molecule has 0 saturated heterocycles. The largest absolute Gasteiger partial charge is 0.368 e. The van der Waals surface area contributed by atoms with Crippen LogP contribution < -0.4 is 10.2 Å². The number of nitrogens with zero attached hydrogens (tertiary/aromatic N) is 1. The van der Waals surface area contributed by atoms with E-state index < -0.39 is 0 Å². The Morgan fingerprint density at radius 2 is 2.00 bits per heavy atom. The minimum Gasteiger partial charge on any atom is -0.368 e. The van der Waals surface area contributed by atoms with Crippen molar-refractivity contribution in [1.82, 2.24) is 5.32 Å². The summed E-state index contributed by atoms with van der Waals surface area (Å²) in [7, 11) is 0. The number of anilines is 1. The summed E-state index contributed by atoms with van der Waals surface area (Å²) in [6.45, 7) is 4.01. The van der Waals surface area contributed by atoms with Crippen LogP contribution in [0.25, 0.3) is 0 Å². The Balaban J connectivity index is 1.74. The van der Waals surface area contributed by atoms with Gasteiger partial charge in [-0.3, -0.25) is 0 Å². The highest BCUT2D eigenvalue weighted by atomic mass is 19.1. The zero-order valence-corrected chi connectivity index (χ0v) is 11.7. The van der Waals surface area contributed by atoms with Gasteiger partial charge < -0.3 is 10.2 Å². The Bertz CT molecular complexity index is 438. The van der Waals surface area contributed by atoms with E-state index in [2.05, 4.69) is 23.2 Å². The first-order valence-electron chi connectivity index (χ1n) is 7.55. The van der Waals surface area contributed by atoms with Crippen LogP contribution in [0.3, 0.4) is 0 Å². The molecule has 0 bridgehead atoms. The van der Waals surface area contributed by atoms with Gasteiger partial charge in [0.05, 0.1) is 0 Å². The van der Waals surface area contributed by atoms with Crippen molar-refractivity contribution in [3.8, 4) is 0 Å². The van der Waals surface area contributed by atoms with E-state index in [1.54, 1.807) is 12.1 Å². The minimum absolute atomic E-state index is 0.105. The van der Waals surface area contributed by atoms with Crippen molar-refractivity contribution in [2.24, 2.45) is 0 Å². The predicted molar refractivity (Wildman–Crippen MR) is 76.9 cm³/mol. The van der Waals surface area contributed by atoms with Crippen LogP contribution in [-0.4, -0.2) is 18.6 Å². The third-order valence-corrected chi connectivity index (χ3v) is 3.90. The Labute approximate surface area is 115 Å². The van der Waals surface area contributed by atoms with Crippen LogP contribution >= 0.6 is 0 Å². The Morgan fingerprint density at radius 1 is 1.21 bits per heavy atom. The number of hydrogen-bond donors (Lipinski definition) is 1. The molecule has 19 heavy (non-hydrogen) atoms. The molecule has 0 spiro atoms. The van der Waals surface area contributed by atoms with Crippen molar-refractivity contribution in [2.45, 2.75) is 57.7 Å². The molecule has 2 saturated carbocycles. The summed E-state index contributed by atoms with van der Waals surface area (Å²) in [5.41, 5.74) is 2.14. The van der Waals surface area contributed by atoms with Crippen LogP contribution in [0.2, 0.25) is 0 Å². The van der Waals surface area contributed by atoms with Gasteiger partial charge in [0.2, 0.25) is 0 Å². The molecule has 2 aliphatic carbocycles. The van der Waals surface area contributed by atoms with Gasteiger partial charge in [0.1, 0.15) is 5.82 Å². The molecule has 0 unspecified atom stereocenters. The zero-order chi connectivity index (χ0) is 13.2. The summed E-state index contributed by atoms with van der Waals surface area (Å²) in [5.74, 6) is -0.105. The van der Waals surface area contributed by atoms with Gasteiger partial charge in [-0.2, -0.15) is 0 Å². The molecule has 0 aliphatic heterocycles. The van der Waals surface area contributed by atoms with E-state index in [1.807, 2.05) is 0 Å². The third kappa shape index (κ3) is 3.47. The summed E-state index contributed by atoms with van der Waals surface area (Å²) < 4.78 is 13.8. The lowest BCUT2D eigenvalue weighted by atomic mass is 10.1. The van der Waals surface area contributed by atoms with Gasteiger partial charge in [-0.05, 0) is 55.9 Å². The summed E-state index contributed by atoms with van der Waals surface area (Å²) >= 11 is 0. The maximum absolute atomic E-state index is 13.8. The monoisotopic (exact) mass is 262 g/mol. The zero-order valence-electron chi connectivity index (χ0n) is 11.7. The van der Waals surface area contributed by atoms with Crippen LogP contribution in [0.5, 0.6) is 0 Å². The summed E-state index contributed by atoms with van der Waals surface area (Å²) in [6, 6.07) is 6.82. The van der Waals surface area contributed by atoms with E-state index >= 15 is 0 Å². The molecule has 3 rings (SSSR count). The first-order valence-corrected chi connectivity index (χ1v) is 7.55. The Kier molecular flexibility index (Phi) is 3.74. The van der Waals surface area contributed by atoms with Crippen LogP contribution in [0.4, 0.5) is 10.1 Å². The molecule has 2 fully saturated rings. The topological polar surface area (TPSA) is 15.3 Å². The number of nitrogens with one attached hydrogen (secondary N) is 1. The fourth-order valence-corrected chi connectivity index (χ4v) is 2.60. The smallest absolute Gasteiger partial charge is 0.125 e. The summed E-state index contributed by atoms with van der Waals surface area (Å²) in [5, 5.41) is 3.46. The van der Waals surface area contributed by atoms with Crippen molar-refractivity contribution in [3.63, 3.8) is 0 Å². The molecule has 0 radical (unpaired) electrons. The maximum Gasteiger partial charge on any atom is 0.125 e. The maximum atomic E-state index is 13.8. The molecule has 2 aliphatic rings. The highest BCUT2D eigenvalue weighted by Crippen LogP contribution is 2.32. The number of rotatable bonds is 7. The number of benzene rings is 1. The van der Waals surface area contributed by atoms with Crippen molar-refractivity contribution in [1.29, 1.82) is 0 Å². The summed E-state index contributed by atoms with van der Waals surface area (Å²) in [4.78, 5) is 2.38. The first-order chi connectivity index (χ1) is 9.26. The van der Waals surface area contributed by atoms with Crippen molar-refractivity contribution >= 4 is 5.69 Å². The van der Waals surface area contributed by atoms with E-state index in [-0.39, 0.29) is 5.82 Å². The fourth-order valence-electron chi connectivity index (χ4n) is 2.60. The Hall–Kier alpha value is -1.09. The molecule has 0 aromatic heterocycles. The third-order valence-electron chi connectivity index (χ3n) is 3.90. The molecule has 0 atom stereocenters. The first kappa shape index (κ1) is 12.9. The predicted octanol–water partition coefficient (Wildman–Crippen LogP) is 3.46. The van der Waals surface area contributed by atoms with Gasteiger partial charge in [0.25, 0.3) is 0 Å². The number of hydrogen-bond acceptors (Lipinski definition) is 2. The molecule has 1 aromatic carbocycles. The molecule has 3 heteroatoms. The van der Waals surface area contributed by atoms with Crippen molar-refractivity contribution in [3.05, 3.63) is 29.6 Å².